The SMILES string of the molecule is CC(=O)OC[C@@H]1O[C@H](OC(=O)/C(C)=C(\C)C[C@@H](O)[C@H](C)[C@@H]2CC[C@H]3[C@@H]4CC=C5C[C@H](O[C@H]6O[C@@H](CO)[C@H](O)[C@@H](O)[C@@H]6O)C[C@@H](O)[C@@]5(C)[C@@H]4CC[C@@]23C)[C@@H](O[C@H]2O[C@@H](CO)[C@H](O[C@H]3O[C@@H](CO)[C@H](O)[C@@H](O)[C@@H]3O)[C@@H](O)[C@@H]2O)[C@H](O)[C@H]1O. The van der Waals surface area contributed by atoms with Gasteiger partial charge >= 0.3 is 11.9 Å². The van der Waals surface area contributed by atoms with Crippen molar-refractivity contribution in [2.24, 2.45) is 40.4 Å². The second kappa shape index (κ2) is 25.6. The molecule has 0 radical (unpaired) electrons. The van der Waals surface area contributed by atoms with Crippen molar-refractivity contribution in [1.82, 2.24) is 0 Å². The Labute approximate surface area is 463 Å². The van der Waals surface area contributed by atoms with Gasteiger partial charge in [0.1, 0.15) is 98.2 Å². The minimum atomic E-state index is -2.10. The quantitative estimate of drug-likeness (QED) is 0.0375. The van der Waals surface area contributed by atoms with E-state index in [0.717, 1.165) is 44.6 Å². The number of rotatable bonds is 17. The summed E-state index contributed by atoms with van der Waals surface area (Å²) in [6, 6.07) is 0. The number of hydrogen-bond donors (Lipinski definition) is 15. The van der Waals surface area contributed by atoms with Crippen LogP contribution < -0.4 is 0 Å². The molecule has 80 heavy (non-hydrogen) atoms. The van der Waals surface area contributed by atoms with Crippen LogP contribution in [0.1, 0.15) is 92.9 Å². The van der Waals surface area contributed by atoms with Crippen molar-refractivity contribution >= 4 is 11.9 Å². The van der Waals surface area contributed by atoms with E-state index in [0.29, 0.717) is 12.0 Å². The Morgan fingerprint density at radius 1 is 0.637 bits per heavy atom. The number of carbonyl (C=O) groups is 2. The van der Waals surface area contributed by atoms with Gasteiger partial charge in [-0.05, 0) is 93.8 Å². The fourth-order valence-corrected chi connectivity index (χ4v) is 14.7. The van der Waals surface area contributed by atoms with E-state index in [-0.39, 0.29) is 53.4 Å². The lowest BCUT2D eigenvalue weighted by Crippen LogP contribution is -2.66. The Kier molecular flexibility index (Phi) is 20.4. The number of esters is 2. The van der Waals surface area contributed by atoms with E-state index in [1.165, 1.54) is 6.92 Å². The lowest BCUT2D eigenvalue weighted by Gasteiger charge is -2.60. The van der Waals surface area contributed by atoms with Gasteiger partial charge in [0.2, 0.25) is 6.29 Å². The summed E-state index contributed by atoms with van der Waals surface area (Å²) in [6.45, 7) is 7.70. The maximum Gasteiger partial charge on any atom is 0.336 e. The van der Waals surface area contributed by atoms with Crippen molar-refractivity contribution in [3.05, 3.63) is 22.8 Å². The van der Waals surface area contributed by atoms with Gasteiger partial charge in [-0.25, -0.2) is 4.79 Å². The molecular formula is C54H86O26. The summed E-state index contributed by atoms with van der Waals surface area (Å²) >= 11 is 0. The summed E-state index contributed by atoms with van der Waals surface area (Å²) in [4.78, 5) is 25.8. The molecule has 0 aromatic carbocycles. The summed E-state index contributed by atoms with van der Waals surface area (Å²) in [7, 11) is 0. The highest BCUT2D eigenvalue weighted by molar-refractivity contribution is 5.88. The highest BCUT2D eigenvalue weighted by Gasteiger charge is 2.62. The zero-order valence-corrected chi connectivity index (χ0v) is 45.9. The van der Waals surface area contributed by atoms with Crippen molar-refractivity contribution in [3.63, 3.8) is 0 Å². The first kappa shape index (κ1) is 63.6. The maximum absolute atomic E-state index is 14.1. The highest BCUT2D eigenvalue weighted by Crippen LogP contribution is 2.67. The van der Waals surface area contributed by atoms with Crippen LogP contribution in [0.5, 0.6) is 0 Å². The van der Waals surface area contributed by atoms with Gasteiger partial charge in [-0.3, -0.25) is 4.79 Å². The number of ether oxygens (including phenoxy) is 9. The van der Waals surface area contributed by atoms with Crippen molar-refractivity contribution in [3.8, 4) is 0 Å². The fraction of sp³-hybridized carbons (Fsp3) is 0.889. The van der Waals surface area contributed by atoms with E-state index in [2.05, 4.69) is 19.9 Å². The van der Waals surface area contributed by atoms with Crippen molar-refractivity contribution in [1.29, 1.82) is 0 Å². The van der Waals surface area contributed by atoms with Crippen LogP contribution in [0, 0.1) is 40.4 Å². The monoisotopic (exact) mass is 1150 g/mol. The van der Waals surface area contributed by atoms with Crippen LogP contribution in [-0.4, -0.2) is 256 Å². The van der Waals surface area contributed by atoms with Gasteiger partial charge in [0.25, 0.3) is 0 Å². The molecule has 0 amide bonds. The molecule has 0 aromatic rings. The van der Waals surface area contributed by atoms with Gasteiger partial charge in [-0.2, -0.15) is 0 Å². The molecule has 26 nitrogen and oxygen atoms in total. The van der Waals surface area contributed by atoms with Gasteiger partial charge in [-0.1, -0.05) is 38.0 Å². The Morgan fingerprint density at radius 2 is 1.16 bits per heavy atom. The van der Waals surface area contributed by atoms with Crippen LogP contribution in [0.25, 0.3) is 0 Å². The predicted molar refractivity (Wildman–Crippen MR) is 268 cm³/mol. The van der Waals surface area contributed by atoms with Crippen LogP contribution >= 0.6 is 0 Å². The molecule has 7 fully saturated rings. The van der Waals surface area contributed by atoms with E-state index < -0.39 is 185 Å². The highest BCUT2D eigenvalue weighted by atomic mass is 16.8. The first-order chi connectivity index (χ1) is 37.7. The van der Waals surface area contributed by atoms with E-state index in [1.54, 1.807) is 6.92 Å². The summed E-state index contributed by atoms with van der Waals surface area (Å²) in [5.74, 6) is -1.20. The first-order valence-corrected chi connectivity index (χ1v) is 28.0. The van der Waals surface area contributed by atoms with Crippen LogP contribution in [0.3, 0.4) is 0 Å². The minimum Gasteiger partial charge on any atom is -0.463 e. The average molecular weight is 1150 g/mol. The Morgan fingerprint density at radius 3 is 1.75 bits per heavy atom. The standard InChI is InChI=1S/C54H86O26/c1-20(13-30(59)22(3)27-9-10-28-26-8-7-24-14-25(73-49-43(68)39(64)36(61)31(16-55)74-49)15-35(60)54(24,6)29(26)11-12-53(27,28)5)21(2)48(71)80-52-47(41(66)38(63)34(77-52)19-72-23(4)58)79-51-45(70)42(67)46(33(18-57)76-51)78-50-44(69)40(65)37(62)32(17-56)75-50/h7,22,25-47,49-52,55-57,59-70H,8-19H2,1-6H3/b21-20+/t22-,25+,26+,27+,28+,29-,30-,31+,32+,33+,34+,35-,36+,37+,38+,39-,40-,41-,42+,43+,44+,45+,46+,47+,49+,50-,51-,52-,53+,54-/m1/s1. The number of carbonyl (C=O) groups excluding carboxylic acids is 2. The molecule has 4 heterocycles. The van der Waals surface area contributed by atoms with Crippen molar-refractivity contribution in [2.75, 3.05) is 26.4 Å². The normalized spacial score (nSPS) is 48.8. The molecule has 458 valence electrons. The summed E-state index contributed by atoms with van der Waals surface area (Å²) in [6.07, 6.45) is -29.5. The molecule has 8 aliphatic rings. The molecule has 30 atom stereocenters. The zero-order valence-electron chi connectivity index (χ0n) is 45.9. The third kappa shape index (κ3) is 12.1. The molecule has 4 aliphatic heterocycles. The van der Waals surface area contributed by atoms with E-state index in [1.807, 2.05) is 6.92 Å². The molecule has 0 unspecified atom stereocenters. The molecule has 0 spiro atoms. The second-order valence-corrected chi connectivity index (χ2v) is 24.1. The molecule has 15 N–H and O–H groups in total. The minimum absolute atomic E-state index is 0.0505. The average Bonchev–Trinajstić information content (AvgIpc) is 3.83. The van der Waals surface area contributed by atoms with Crippen LogP contribution in [-0.2, 0) is 52.2 Å². The molecule has 0 bridgehead atoms. The van der Waals surface area contributed by atoms with E-state index in [9.17, 15) is 86.2 Å². The lowest BCUT2D eigenvalue weighted by molar-refractivity contribution is -0.381. The summed E-state index contributed by atoms with van der Waals surface area (Å²) < 4.78 is 51.0. The van der Waals surface area contributed by atoms with Gasteiger partial charge in [-0.15, -0.1) is 0 Å². The second-order valence-electron chi connectivity index (χ2n) is 24.1. The number of aliphatic hydroxyl groups excluding tert-OH is 15. The fourth-order valence-electron chi connectivity index (χ4n) is 14.7. The Hall–Kier alpha value is -2.46. The third-order valence-electron chi connectivity index (χ3n) is 19.7. The summed E-state index contributed by atoms with van der Waals surface area (Å²) in [5, 5.41) is 161. The summed E-state index contributed by atoms with van der Waals surface area (Å²) in [5.41, 5.74) is 0.850. The predicted octanol–water partition coefficient (Wildman–Crippen LogP) is -3.99. The first-order valence-electron chi connectivity index (χ1n) is 28.0. The van der Waals surface area contributed by atoms with Crippen molar-refractivity contribution in [2.45, 2.75) is 234 Å². The topological polar surface area (TPSA) is 421 Å². The molecular weight excluding hydrogens is 1060 g/mol. The molecule has 26 heteroatoms. The third-order valence-corrected chi connectivity index (χ3v) is 19.7. The number of fused-ring (bicyclic) bond motifs is 5. The van der Waals surface area contributed by atoms with E-state index in [4.69, 9.17) is 42.6 Å². The molecule has 3 saturated carbocycles. The molecule has 8 rings (SSSR count). The number of allylic oxidation sites excluding steroid dienone is 1. The maximum atomic E-state index is 14.1. The van der Waals surface area contributed by atoms with Gasteiger partial charge in [0, 0.05) is 24.3 Å². The number of aliphatic hydroxyl groups is 15. The van der Waals surface area contributed by atoms with Crippen molar-refractivity contribution < 1.29 is 129 Å². The van der Waals surface area contributed by atoms with Gasteiger partial charge in [0.05, 0.1) is 38.1 Å². The molecule has 4 saturated heterocycles. The van der Waals surface area contributed by atoms with E-state index >= 15 is 0 Å². The van der Waals surface area contributed by atoms with Gasteiger partial charge in [0.15, 0.2) is 25.0 Å². The lowest BCUT2D eigenvalue weighted by atomic mass is 9.46. The zero-order chi connectivity index (χ0) is 58.6. The van der Waals surface area contributed by atoms with Crippen LogP contribution in [0.2, 0.25) is 0 Å². The van der Waals surface area contributed by atoms with Crippen LogP contribution in [0.4, 0.5) is 0 Å². The largest absolute Gasteiger partial charge is 0.463 e. The molecule has 4 aliphatic carbocycles. The Bertz CT molecular complexity index is 2180. The molecule has 0 aromatic heterocycles. The van der Waals surface area contributed by atoms with Gasteiger partial charge < -0.3 is 119 Å². The number of hydrogen-bond acceptors (Lipinski definition) is 26. The Balaban J connectivity index is 0.913. The smallest absolute Gasteiger partial charge is 0.336 e. The van der Waals surface area contributed by atoms with Crippen LogP contribution in [0.15, 0.2) is 22.8 Å².